The molecule has 102 valence electrons. The lowest BCUT2D eigenvalue weighted by molar-refractivity contribution is -0.254. The second kappa shape index (κ2) is 5.18. The number of aromatic carboxylic acids is 1. The van der Waals surface area contributed by atoms with Gasteiger partial charge in [-0.3, -0.25) is 14.8 Å². The molecule has 0 fully saturated rings. The van der Waals surface area contributed by atoms with Gasteiger partial charge in [0.25, 0.3) is 5.56 Å². The van der Waals surface area contributed by atoms with Crippen molar-refractivity contribution in [3.63, 3.8) is 0 Å². The molecular weight excluding hydrogens is 268 g/mol. The van der Waals surface area contributed by atoms with E-state index in [1.54, 1.807) is 0 Å². The number of H-pyrrole nitrogens is 2. The molecular formula is C11H7N4O5-. The van der Waals surface area contributed by atoms with E-state index in [4.69, 9.17) is 0 Å². The number of benzene rings is 1. The Morgan fingerprint density at radius 1 is 1.15 bits per heavy atom. The predicted molar refractivity (Wildman–Crippen MR) is 64.3 cm³/mol. The van der Waals surface area contributed by atoms with Crippen LogP contribution in [0.2, 0.25) is 0 Å². The van der Waals surface area contributed by atoms with Crippen molar-refractivity contribution in [3.8, 4) is 5.88 Å². The van der Waals surface area contributed by atoms with Crippen LogP contribution in [0.25, 0.3) is 0 Å². The molecule has 2 aromatic rings. The third-order valence-corrected chi connectivity index (χ3v) is 2.28. The van der Waals surface area contributed by atoms with Crippen molar-refractivity contribution in [2.75, 3.05) is 0 Å². The van der Waals surface area contributed by atoms with Gasteiger partial charge in [-0.25, -0.2) is 4.79 Å². The third-order valence-electron chi connectivity index (χ3n) is 2.28. The first-order valence-electron chi connectivity index (χ1n) is 5.26. The number of hydrogen-bond acceptors (Lipinski definition) is 7. The SMILES string of the molecule is O=C([O-])c1ccccc1N=Nc1c(O)[nH]c(=O)[nH]c1=O. The van der Waals surface area contributed by atoms with Gasteiger partial charge in [0.15, 0.2) is 0 Å². The third kappa shape index (κ3) is 2.61. The van der Waals surface area contributed by atoms with Gasteiger partial charge in [0.1, 0.15) is 0 Å². The first-order valence-corrected chi connectivity index (χ1v) is 5.26. The summed E-state index contributed by atoms with van der Waals surface area (Å²) in [5.74, 6) is -2.23. The quantitative estimate of drug-likeness (QED) is 0.648. The molecule has 9 heteroatoms. The molecule has 1 aromatic carbocycles. The molecule has 0 atom stereocenters. The number of carboxylic acids is 1. The van der Waals surface area contributed by atoms with Crippen LogP contribution in [0, 0.1) is 0 Å². The van der Waals surface area contributed by atoms with E-state index < -0.39 is 28.8 Å². The zero-order valence-corrected chi connectivity index (χ0v) is 9.78. The highest BCUT2D eigenvalue weighted by Gasteiger charge is 2.08. The largest absolute Gasteiger partial charge is 0.545 e. The molecule has 0 unspecified atom stereocenters. The van der Waals surface area contributed by atoms with Gasteiger partial charge in [-0.2, -0.15) is 0 Å². The van der Waals surface area contributed by atoms with Gasteiger partial charge >= 0.3 is 5.69 Å². The van der Waals surface area contributed by atoms with Crippen molar-refractivity contribution >= 4 is 17.3 Å². The van der Waals surface area contributed by atoms with Crippen LogP contribution in [0.4, 0.5) is 11.4 Å². The van der Waals surface area contributed by atoms with E-state index in [0.29, 0.717) is 0 Å². The van der Waals surface area contributed by atoms with Crippen molar-refractivity contribution in [1.29, 1.82) is 0 Å². The number of rotatable bonds is 3. The van der Waals surface area contributed by atoms with Crippen LogP contribution in [0.15, 0.2) is 44.1 Å². The molecule has 0 saturated heterocycles. The standard InChI is InChI=1S/C11H8N4O5/c16-8-7(9(17)13-11(20)12-8)15-14-6-4-2-1-3-5(6)10(18)19/h1-4H,(H,18,19)(H3,12,13,16,17,20)/p-1. The van der Waals surface area contributed by atoms with Gasteiger partial charge in [0.05, 0.1) is 11.7 Å². The van der Waals surface area contributed by atoms with E-state index in [2.05, 4.69) is 10.2 Å². The van der Waals surface area contributed by atoms with Gasteiger partial charge in [0, 0.05) is 5.56 Å². The summed E-state index contributed by atoms with van der Waals surface area (Å²) in [5, 5.41) is 27.2. The van der Waals surface area contributed by atoms with Gasteiger partial charge in [-0.15, -0.1) is 10.2 Å². The fourth-order valence-electron chi connectivity index (χ4n) is 1.40. The summed E-state index contributed by atoms with van der Waals surface area (Å²) in [6.45, 7) is 0. The first-order chi connectivity index (χ1) is 9.49. The fourth-order valence-corrected chi connectivity index (χ4v) is 1.40. The Morgan fingerprint density at radius 3 is 2.50 bits per heavy atom. The number of carbonyl (C=O) groups excluding carboxylic acids is 1. The highest BCUT2D eigenvalue weighted by Crippen LogP contribution is 2.22. The first kappa shape index (κ1) is 13.2. The number of aromatic hydroxyl groups is 1. The average molecular weight is 275 g/mol. The van der Waals surface area contributed by atoms with Crippen LogP contribution in [0.3, 0.4) is 0 Å². The van der Waals surface area contributed by atoms with E-state index in [-0.39, 0.29) is 11.3 Å². The molecule has 9 nitrogen and oxygen atoms in total. The van der Waals surface area contributed by atoms with E-state index in [0.717, 1.165) is 0 Å². The highest BCUT2D eigenvalue weighted by molar-refractivity contribution is 5.91. The lowest BCUT2D eigenvalue weighted by atomic mass is 10.2. The van der Waals surface area contributed by atoms with Crippen molar-refractivity contribution in [2.45, 2.75) is 0 Å². The molecule has 0 radical (unpaired) electrons. The molecule has 2 rings (SSSR count). The minimum Gasteiger partial charge on any atom is -0.545 e. The molecule has 1 heterocycles. The Balaban J connectivity index is 2.48. The summed E-state index contributed by atoms with van der Waals surface area (Å²) in [6, 6.07) is 5.57. The molecule has 20 heavy (non-hydrogen) atoms. The zero-order chi connectivity index (χ0) is 14.7. The van der Waals surface area contributed by atoms with Gasteiger partial charge in [-0.1, -0.05) is 18.2 Å². The maximum Gasteiger partial charge on any atom is 0.328 e. The summed E-state index contributed by atoms with van der Waals surface area (Å²) in [5.41, 5.74) is -2.69. The number of hydrogen-bond donors (Lipinski definition) is 3. The van der Waals surface area contributed by atoms with E-state index in [1.807, 2.05) is 9.97 Å². The summed E-state index contributed by atoms with van der Waals surface area (Å²) in [7, 11) is 0. The topological polar surface area (TPSA) is 151 Å². The Labute approximate surface area is 110 Å². The Kier molecular flexibility index (Phi) is 3.42. The molecule has 3 N–H and O–H groups in total. The minimum absolute atomic E-state index is 0.0579. The van der Waals surface area contributed by atoms with Crippen molar-refractivity contribution in [3.05, 3.63) is 50.7 Å². The lowest BCUT2D eigenvalue weighted by Crippen LogP contribution is -2.22. The van der Waals surface area contributed by atoms with Crippen molar-refractivity contribution in [1.82, 2.24) is 9.97 Å². The van der Waals surface area contributed by atoms with Gasteiger partial charge < -0.3 is 15.0 Å². The van der Waals surface area contributed by atoms with Crippen LogP contribution < -0.4 is 16.4 Å². The number of carbonyl (C=O) groups is 1. The number of aromatic amines is 2. The second-order valence-corrected chi connectivity index (χ2v) is 3.61. The van der Waals surface area contributed by atoms with Crippen LogP contribution in [-0.2, 0) is 0 Å². The summed E-state index contributed by atoms with van der Waals surface area (Å²) in [4.78, 5) is 36.8. The van der Waals surface area contributed by atoms with Crippen LogP contribution in [-0.4, -0.2) is 21.0 Å². The predicted octanol–water partition coefficient (Wildman–Crippen LogP) is -0.452. The molecule has 0 saturated carbocycles. The molecule has 0 aliphatic rings. The summed E-state index contributed by atoms with van der Waals surface area (Å²) < 4.78 is 0. The lowest BCUT2D eigenvalue weighted by Gasteiger charge is -2.04. The molecule has 0 spiro atoms. The second-order valence-electron chi connectivity index (χ2n) is 3.61. The smallest absolute Gasteiger partial charge is 0.328 e. The summed E-state index contributed by atoms with van der Waals surface area (Å²) in [6.07, 6.45) is 0. The molecule has 0 aliphatic carbocycles. The number of azo groups is 1. The van der Waals surface area contributed by atoms with E-state index in [9.17, 15) is 24.6 Å². The van der Waals surface area contributed by atoms with Gasteiger partial charge in [0.2, 0.25) is 11.6 Å². The minimum atomic E-state index is -1.46. The maximum absolute atomic E-state index is 11.4. The van der Waals surface area contributed by atoms with Crippen LogP contribution in [0.5, 0.6) is 5.88 Å². The number of nitrogens with one attached hydrogen (secondary N) is 2. The number of aromatic nitrogens is 2. The monoisotopic (exact) mass is 275 g/mol. The Hall–Kier alpha value is -3.23. The molecule has 0 amide bonds. The molecule has 0 bridgehead atoms. The maximum atomic E-state index is 11.4. The van der Waals surface area contributed by atoms with Crippen molar-refractivity contribution < 1.29 is 15.0 Å². The van der Waals surface area contributed by atoms with Crippen LogP contribution in [0.1, 0.15) is 10.4 Å². The average Bonchev–Trinajstić information content (AvgIpc) is 2.37. The Morgan fingerprint density at radius 2 is 1.85 bits per heavy atom. The fraction of sp³-hybridized carbons (Fsp3) is 0. The van der Waals surface area contributed by atoms with E-state index in [1.165, 1.54) is 24.3 Å². The molecule has 1 aromatic heterocycles. The van der Waals surface area contributed by atoms with Crippen molar-refractivity contribution in [2.24, 2.45) is 10.2 Å². The zero-order valence-electron chi connectivity index (χ0n) is 9.78. The van der Waals surface area contributed by atoms with Gasteiger partial charge in [-0.05, 0) is 6.07 Å². The number of nitrogens with zero attached hydrogens (tertiary/aromatic N) is 2. The normalized spacial score (nSPS) is 10.8. The summed E-state index contributed by atoms with van der Waals surface area (Å²) >= 11 is 0. The van der Waals surface area contributed by atoms with Crippen LogP contribution >= 0.6 is 0 Å². The number of carboxylic acid groups (broad SMARTS) is 1. The molecule has 0 aliphatic heterocycles. The Bertz CT molecular complexity index is 805. The highest BCUT2D eigenvalue weighted by atomic mass is 16.4. The van der Waals surface area contributed by atoms with E-state index >= 15 is 0 Å².